The number of rotatable bonds is 34. The molecule has 5 N–H and O–H groups in total. The second-order valence-electron chi connectivity index (χ2n) is 12.8. The van der Waals surface area contributed by atoms with Crippen molar-refractivity contribution in [3.05, 3.63) is 0 Å². The SMILES string of the molecule is CCCCCCCCCCCCCCC(CCCCCCCCCCCCCC)C(=O)NCCN(CCN)CCN. The van der Waals surface area contributed by atoms with Gasteiger partial charge in [0.1, 0.15) is 0 Å². The van der Waals surface area contributed by atoms with E-state index in [1.54, 1.807) is 0 Å². The molecule has 0 fully saturated rings. The summed E-state index contributed by atoms with van der Waals surface area (Å²) in [5.74, 6) is 0.454. The highest BCUT2D eigenvalue weighted by Crippen LogP contribution is 2.20. The van der Waals surface area contributed by atoms with Gasteiger partial charge >= 0.3 is 0 Å². The van der Waals surface area contributed by atoms with Crippen molar-refractivity contribution < 1.29 is 4.79 Å². The highest BCUT2D eigenvalue weighted by atomic mass is 16.1. The molecule has 0 saturated heterocycles. The molecular weight excluding hydrogens is 504 g/mol. The van der Waals surface area contributed by atoms with Crippen LogP contribution in [-0.2, 0) is 4.79 Å². The first-order valence-corrected chi connectivity index (χ1v) is 18.6. The van der Waals surface area contributed by atoms with Gasteiger partial charge in [-0.25, -0.2) is 0 Å². The van der Waals surface area contributed by atoms with Gasteiger partial charge in [0, 0.05) is 45.2 Å². The largest absolute Gasteiger partial charge is 0.355 e. The Bertz CT molecular complexity index is 482. The predicted molar refractivity (Wildman–Crippen MR) is 182 cm³/mol. The number of carbonyl (C=O) groups is 1. The Balaban J connectivity index is 4.18. The van der Waals surface area contributed by atoms with Crippen molar-refractivity contribution in [1.29, 1.82) is 0 Å². The first-order valence-electron chi connectivity index (χ1n) is 18.6. The van der Waals surface area contributed by atoms with Gasteiger partial charge in [0.05, 0.1) is 0 Å². The van der Waals surface area contributed by atoms with Crippen LogP contribution in [0, 0.1) is 5.92 Å². The maximum Gasteiger partial charge on any atom is 0.223 e. The average Bonchev–Trinajstić information content (AvgIpc) is 2.97. The summed E-state index contributed by atoms with van der Waals surface area (Å²) in [6.07, 6.45) is 34.9. The molecule has 1 amide bonds. The van der Waals surface area contributed by atoms with Gasteiger partial charge in [-0.15, -0.1) is 0 Å². The third-order valence-electron chi connectivity index (χ3n) is 8.80. The highest BCUT2D eigenvalue weighted by Gasteiger charge is 2.17. The van der Waals surface area contributed by atoms with E-state index < -0.39 is 0 Å². The van der Waals surface area contributed by atoms with E-state index in [9.17, 15) is 4.79 Å². The van der Waals surface area contributed by atoms with Crippen molar-refractivity contribution in [2.75, 3.05) is 39.3 Å². The number of hydrogen-bond acceptors (Lipinski definition) is 4. The van der Waals surface area contributed by atoms with Gasteiger partial charge in [-0.2, -0.15) is 0 Å². The van der Waals surface area contributed by atoms with Crippen LogP contribution in [0.3, 0.4) is 0 Å². The van der Waals surface area contributed by atoms with E-state index in [1.165, 1.54) is 154 Å². The second-order valence-corrected chi connectivity index (χ2v) is 12.8. The van der Waals surface area contributed by atoms with Crippen LogP contribution in [0.2, 0.25) is 0 Å². The fourth-order valence-electron chi connectivity index (χ4n) is 6.05. The summed E-state index contributed by atoms with van der Waals surface area (Å²) in [6, 6.07) is 0. The quantitative estimate of drug-likeness (QED) is 0.0663. The lowest BCUT2D eigenvalue weighted by Gasteiger charge is -2.22. The first kappa shape index (κ1) is 40.4. The minimum atomic E-state index is 0.179. The van der Waals surface area contributed by atoms with Gasteiger partial charge in [0.15, 0.2) is 0 Å². The summed E-state index contributed by atoms with van der Waals surface area (Å²) in [6.45, 7) is 9.06. The minimum Gasteiger partial charge on any atom is -0.355 e. The fraction of sp³-hybridized carbons (Fsp3) is 0.972. The molecule has 0 bridgehead atoms. The van der Waals surface area contributed by atoms with Gasteiger partial charge in [-0.1, -0.05) is 168 Å². The van der Waals surface area contributed by atoms with Crippen molar-refractivity contribution in [2.45, 2.75) is 181 Å². The van der Waals surface area contributed by atoms with Crippen molar-refractivity contribution >= 4 is 5.91 Å². The minimum absolute atomic E-state index is 0.179. The van der Waals surface area contributed by atoms with Crippen LogP contribution in [-0.4, -0.2) is 50.1 Å². The van der Waals surface area contributed by atoms with Crippen LogP contribution in [0.1, 0.15) is 181 Å². The molecule has 0 radical (unpaired) electrons. The number of amides is 1. The van der Waals surface area contributed by atoms with E-state index in [2.05, 4.69) is 24.1 Å². The van der Waals surface area contributed by atoms with Crippen molar-refractivity contribution in [3.8, 4) is 0 Å². The lowest BCUT2D eigenvalue weighted by molar-refractivity contribution is -0.125. The number of carbonyl (C=O) groups excluding carboxylic acids is 1. The Labute approximate surface area is 258 Å². The molecule has 0 aliphatic rings. The molecule has 5 heteroatoms. The monoisotopic (exact) mass is 581 g/mol. The van der Waals surface area contributed by atoms with Gasteiger partial charge < -0.3 is 16.8 Å². The highest BCUT2D eigenvalue weighted by molar-refractivity contribution is 5.78. The van der Waals surface area contributed by atoms with Crippen LogP contribution in [0.4, 0.5) is 0 Å². The van der Waals surface area contributed by atoms with Crippen LogP contribution in [0.15, 0.2) is 0 Å². The van der Waals surface area contributed by atoms with E-state index >= 15 is 0 Å². The lowest BCUT2D eigenvalue weighted by Crippen LogP contribution is -2.41. The smallest absolute Gasteiger partial charge is 0.223 e. The molecule has 0 aromatic rings. The van der Waals surface area contributed by atoms with Crippen molar-refractivity contribution in [1.82, 2.24) is 10.2 Å². The summed E-state index contributed by atoms with van der Waals surface area (Å²) in [4.78, 5) is 15.4. The third kappa shape index (κ3) is 29.2. The topological polar surface area (TPSA) is 84.4 Å². The molecule has 0 spiro atoms. The zero-order chi connectivity index (χ0) is 30.1. The lowest BCUT2D eigenvalue weighted by atomic mass is 9.93. The molecule has 0 aromatic heterocycles. The Morgan fingerprint density at radius 1 is 0.512 bits per heavy atom. The van der Waals surface area contributed by atoms with Gasteiger partial charge in [0.25, 0.3) is 0 Å². The van der Waals surface area contributed by atoms with E-state index in [0.29, 0.717) is 19.6 Å². The van der Waals surface area contributed by atoms with E-state index in [0.717, 1.165) is 32.5 Å². The number of nitrogens with one attached hydrogen (secondary N) is 1. The summed E-state index contributed by atoms with van der Waals surface area (Å²) in [7, 11) is 0. The Morgan fingerprint density at radius 3 is 1.15 bits per heavy atom. The molecule has 0 aliphatic carbocycles. The zero-order valence-electron chi connectivity index (χ0n) is 28.2. The summed E-state index contributed by atoms with van der Waals surface area (Å²) in [5.41, 5.74) is 11.5. The average molecular weight is 581 g/mol. The maximum atomic E-state index is 13.1. The summed E-state index contributed by atoms with van der Waals surface area (Å²) >= 11 is 0. The predicted octanol–water partition coefficient (Wildman–Crippen LogP) is 9.12. The molecule has 5 nitrogen and oxygen atoms in total. The molecule has 0 saturated carbocycles. The molecule has 0 aromatic carbocycles. The Kier molecular flexibility index (Phi) is 33.3. The van der Waals surface area contributed by atoms with Crippen LogP contribution < -0.4 is 16.8 Å². The zero-order valence-corrected chi connectivity index (χ0v) is 28.2. The van der Waals surface area contributed by atoms with Crippen LogP contribution in [0.5, 0.6) is 0 Å². The molecule has 246 valence electrons. The molecule has 0 unspecified atom stereocenters. The molecule has 41 heavy (non-hydrogen) atoms. The number of hydrogen-bond donors (Lipinski definition) is 3. The number of unbranched alkanes of at least 4 members (excludes halogenated alkanes) is 22. The van der Waals surface area contributed by atoms with E-state index in [1.807, 2.05) is 0 Å². The molecule has 0 heterocycles. The summed E-state index contributed by atoms with van der Waals surface area (Å²) < 4.78 is 0. The van der Waals surface area contributed by atoms with Crippen LogP contribution >= 0.6 is 0 Å². The number of nitrogens with zero attached hydrogens (tertiary/aromatic N) is 1. The molecule has 0 rings (SSSR count). The van der Waals surface area contributed by atoms with E-state index in [-0.39, 0.29) is 11.8 Å². The normalized spacial score (nSPS) is 11.7. The van der Waals surface area contributed by atoms with Gasteiger partial charge in [-0.3, -0.25) is 9.69 Å². The van der Waals surface area contributed by atoms with Crippen LogP contribution in [0.25, 0.3) is 0 Å². The Hall–Kier alpha value is -0.650. The maximum absolute atomic E-state index is 13.1. The fourth-order valence-corrected chi connectivity index (χ4v) is 6.05. The van der Waals surface area contributed by atoms with E-state index in [4.69, 9.17) is 11.5 Å². The van der Waals surface area contributed by atoms with Gasteiger partial charge in [0.2, 0.25) is 5.91 Å². The molecular formula is C36H76N4O. The van der Waals surface area contributed by atoms with Crippen molar-refractivity contribution in [2.24, 2.45) is 17.4 Å². The first-order chi connectivity index (χ1) is 20.2. The second kappa shape index (κ2) is 33.8. The molecule has 0 atom stereocenters. The molecule has 0 aliphatic heterocycles. The van der Waals surface area contributed by atoms with Gasteiger partial charge in [-0.05, 0) is 12.8 Å². The number of nitrogens with two attached hydrogens (primary N) is 2. The van der Waals surface area contributed by atoms with Crippen molar-refractivity contribution in [3.63, 3.8) is 0 Å². The Morgan fingerprint density at radius 2 is 0.829 bits per heavy atom. The standard InChI is InChI=1S/C36H76N4O/c1-3-5-7-9-11-13-15-17-19-21-23-25-27-35(36(41)39-31-34-40(32-29-37)33-30-38)28-26-24-22-20-18-16-14-12-10-8-6-4-2/h35H,3-34,37-38H2,1-2H3,(H,39,41). The third-order valence-corrected chi connectivity index (χ3v) is 8.80. The summed E-state index contributed by atoms with van der Waals surface area (Å²) in [5, 5.41) is 3.25.